The van der Waals surface area contributed by atoms with Crippen molar-refractivity contribution in [2.24, 2.45) is 0 Å². The van der Waals surface area contributed by atoms with Gasteiger partial charge >= 0.3 is 0 Å². The second-order valence-corrected chi connectivity index (χ2v) is 4.79. The first-order chi connectivity index (χ1) is 8.78. The van der Waals surface area contributed by atoms with E-state index in [1.54, 1.807) is 6.26 Å². The summed E-state index contributed by atoms with van der Waals surface area (Å²) in [7, 11) is 2.02. The Hall–Kier alpha value is -1.54. The van der Waals surface area contributed by atoms with Crippen molar-refractivity contribution in [1.82, 2.24) is 5.32 Å². The Balaban J connectivity index is 1.85. The molecule has 0 spiro atoms. The zero-order valence-corrected chi connectivity index (χ0v) is 11.1. The van der Waals surface area contributed by atoms with Gasteiger partial charge in [-0.3, -0.25) is 0 Å². The van der Waals surface area contributed by atoms with Crippen LogP contribution in [0.1, 0.15) is 23.3 Å². The van der Waals surface area contributed by atoms with Gasteiger partial charge in [0.05, 0.1) is 6.26 Å². The summed E-state index contributed by atoms with van der Waals surface area (Å²) >= 11 is 0. The molecule has 0 saturated carbocycles. The van der Waals surface area contributed by atoms with Crippen LogP contribution >= 0.6 is 0 Å². The molecule has 1 atom stereocenters. The number of rotatable bonds is 6. The smallest absolute Gasteiger partial charge is 0.105 e. The van der Waals surface area contributed by atoms with Crippen molar-refractivity contribution in [3.63, 3.8) is 0 Å². The monoisotopic (exact) mass is 243 g/mol. The van der Waals surface area contributed by atoms with Crippen LogP contribution in [0.4, 0.5) is 0 Å². The largest absolute Gasteiger partial charge is 0.469 e. The molecular weight excluding hydrogens is 222 g/mol. The molecule has 0 fully saturated rings. The van der Waals surface area contributed by atoms with Gasteiger partial charge < -0.3 is 9.73 Å². The lowest BCUT2D eigenvalue weighted by Gasteiger charge is -2.14. The average Bonchev–Trinajstić information content (AvgIpc) is 2.89. The first-order valence-corrected chi connectivity index (χ1v) is 6.53. The van der Waals surface area contributed by atoms with Gasteiger partial charge in [-0.1, -0.05) is 29.8 Å². The summed E-state index contributed by atoms with van der Waals surface area (Å²) in [6.07, 6.45) is 4.92. The summed E-state index contributed by atoms with van der Waals surface area (Å²) in [5.41, 5.74) is 2.72. The molecule has 0 amide bonds. The Bertz CT molecular complexity index is 444. The molecule has 18 heavy (non-hydrogen) atoms. The van der Waals surface area contributed by atoms with Gasteiger partial charge in [-0.25, -0.2) is 0 Å². The maximum absolute atomic E-state index is 5.39. The van der Waals surface area contributed by atoms with E-state index in [1.807, 2.05) is 19.2 Å². The van der Waals surface area contributed by atoms with Gasteiger partial charge in [0.1, 0.15) is 5.76 Å². The molecule has 0 aliphatic carbocycles. The zero-order valence-electron chi connectivity index (χ0n) is 11.1. The van der Waals surface area contributed by atoms with E-state index in [0.29, 0.717) is 6.04 Å². The lowest BCUT2D eigenvalue weighted by atomic mass is 10.0. The first-order valence-electron chi connectivity index (χ1n) is 6.53. The average molecular weight is 243 g/mol. The fraction of sp³-hybridized carbons (Fsp3) is 0.375. The fourth-order valence-corrected chi connectivity index (χ4v) is 2.12. The normalized spacial score (nSPS) is 12.6. The molecule has 1 heterocycles. The number of aryl methyl sites for hydroxylation is 2. The van der Waals surface area contributed by atoms with Crippen molar-refractivity contribution < 1.29 is 4.42 Å². The molecule has 1 N–H and O–H groups in total. The molecule has 2 nitrogen and oxygen atoms in total. The van der Waals surface area contributed by atoms with E-state index in [2.05, 4.69) is 36.5 Å². The Morgan fingerprint density at radius 1 is 1.17 bits per heavy atom. The van der Waals surface area contributed by atoms with Crippen molar-refractivity contribution in [3.8, 4) is 0 Å². The molecule has 1 aromatic carbocycles. The molecule has 96 valence electrons. The molecule has 0 radical (unpaired) electrons. The number of hydrogen-bond acceptors (Lipinski definition) is 2. The highest BCUT2D eigenvalue weighted by Gasteiger charge is 2.09. The molecule has 1 aromatic heterocycles. The van der Waals surface area contributed by atoms with E-state index >= 15 is 0 Å². The molecule has 2 heteroatoms. The molecule has 0 aliphatic heterocycles. The quantitative estimate of drug-likeness (QED) is 0.841. The maximum Gasteiger partial charge on any atom is 0.105 e. The summed E-state index contributed by atoms with van der Waals surface area (Å²) in [6, 6.07) is 13.2. The van der Waals surface area contributed by atoms with E-state index in [-0.39, 0.29) is 0 Å². The van der Waals surface area contributed by atoms with Crippen LogP contribution in [0, 0.1) is 6.92 Å². The minimum absolute atomic E-state index is 0.470. The van der Waals surface area contributed by atoms with Gasteiger partial charge in [-0.2, -0.15) is 0 Å². The molecule has 0 bridgehead atoms. The number of hydrogen-bond donors (Lipinski definition) is 1. The highest BCUT2D eigenvalue weighted by atomic mass is 16.3. The van der Waals surface area contributed by atoms with Crippen LogP contribution in [0.25, 0.3) is 0 Å². The Morgan fingerprint density at radius 3 is 2.56 bits per heavy atom. The predicted molar refractivity (Wildman–Crippen MR) is 74.8 cm³/mol. The summed E-state index contributed by atoms with van der Waals surface area (Å²) in [5, 5.41) is 3.36. The number of likely N-dealkylation sites (N-methyl/N-ethyl adjacent to an activating group) is 1. The molecular formula is C16H21NO. The SMILES string of the molecule is CNC(CCc1ccc(C)cc1)Cc1ccco1. The van der Waals surface area contributed by atoms with Crippen LogP contribution in [-0.2, 0) is 12.8 Å². The third kappa shape index (κ3) is 3.74. The van der Waals surface area contributed by atoms with Gasteiger partial charge in [0.2, 0.25) is 0 Å². The van der Waals surface area contributed by atoms with Gasteiger partial charge in [-0.15, -0.1) is 0 Å². The van der Waals surface area contributed by atoms with E-state index in [4.69, 9.17) is 4.42 Å². The zero-order chi connectivity index (χ0) is 12.8. The third-order valence-electron chi connectivity index (χ3n) is 3.34. The molecule has 0 aliphatic rings. The van der Waals surface area contributed by atoms with Gasteiger partial charge in [0.15, 0.2) is 0 Å². The van der Waals surface area contributed by atoms with Crippen LogP contribution in [0.3, 0.4) is 0 Å². The topological polar surface area (TPSA) is 25.2 Å². The van der Waals surface area contributed by atoms with Crippen LogP contribution in [-0.4, -0.2) is 13.1 Å². The lowest BCUT2D eigenvalue weighted by molar-refractivity contribution is 0.443. The van der Waals surface area contributed by atoms with Crippen LogP contribution in [0.5, 0.6) is 0 Å². The van der Waals surface area contributed by atoms with Crippen LogP contribution in [0.15, 0.2) is 47.1 Å². The number of furan rings is 1. The van der Waals surface area contributed by atoms with E-state index in [0.717, 1.165) is 25.0 Å². The van der Waals surface area contributed by atoms with Crippen molar-refractivity contribution in [3.05, 3.63) is 59.5 Å². The van der Waals surface area contributed by atoms with Gasteiger partial charge in [0, 0.05) is 12.5 Å². The highest BCUT2D eigenvalue weighted by molar-refractivity contribution is 5.21. The Labute approximate surface area is 109 Å². The van der Waals surface area contributed by atoms with Crippen molar-refractivity contribution in [2.75, 3.05) is 7.05 Å². The van der Waals surface area contributed by atoms with Crippen molar-refractivity contribution in [2.45, 2.75) is 32.2 Å². The predicted octanol–water partition coefficient (Wildman–Crippen LogP) is 3.35. The molecule has 0 saturated heterocycles. The van der Waals surface area contributed by atoms with Crippen LogP contribution < -0.4 is 5.32 Å². The number of nitrogens with one attached hydrogen (secondary N) is 1. The third-order valence-corrected chi connectivity index (χ3v) is 3.34. The molecule has 1 unspecified atom stereocenters. The lowest BCUT2D eigenvalue weighted by Crippen LogP contribution is -2.27. The maximum atomic E-state index is 5.39. The van der Waals surface area contributed by atoms with E-state index < -0.39 is 0 Å². The van der Waals surface area contributed by atoms with Crippen molar-refractivity contribution in [1.29, 1.82) is 0 Å². The minimum Gasteiger partial charge on any atom is -0.469 e. The Kier molecular flexibility index (Phi) is 4.59. The summed E-state index contributed by atoms with van der Waals surface area (Å²) < 4.78 is 5.39. The second kappa shape index (κ2) is 6.41. The second-order valence-electron chi connectivity index (χ2n) is 4.79. The molecule has 2 aromatic rings. The summed E-state index contributed by atoms with van der Waals surface area (Å²) in [6.45, 7) is 2.12. The minimum atomic E-state index is 0.470. The summed E-state index contributed by atoms with van der Waals surface area (Å²) in [5.74, 6) is 1.05. The van der Waals surface area contributed by atoms with Crippen molar-refractivity contribution >= 4 is 0 Å². The highest BCUT2D eigenvalue weighted by Crippen LogP contribution is 2.11. The van der Waals surface area contributed by atoms with Gasteiger partial charge in [-0.05, 0) is 44.5 Å². The fourth-order valence-electron chi connectivity index (χ4n) is 2.12. The van der Waals surface area contributed by atoms with Gasteiger partial charge in [0.25, 0.3) is 0 Å². The van der Waals surface area contributed by atoms with E-state index in [1.165, 1.54) is 11.1 Å². The van der Waals surface area contributed by atoms with Crippen LogP contribution in [0.2, 0.25) is 0 Å². The number of benzene rings is 1. The van der Waals surface area contributed by atoms with E-state index in [9.17, 15) is 0 Å². The Morgan fingerprint density at radius 2 is 1.94 bits per heavy atom. The molecule has 2 rings (SSSR count). The standard InChI is InChI=1S/C16H21NO/c1-13-5-7-14(8-6-13)9-10-15(17-2)12-16-4-3-11-18-16/h3-8,11,15,17H,9-10,12H2,1-2H3. The summed E-state index contributed by atoms with van der Waals surface area (Å²) in [4.78, 5) is 0. The first kappa shape index (κ1) is 12.9.